The van der Waals surface area contributed by atoms with E-state index in [1.54, 1.807) is 7.05 Å². The molecule has 0 spiro atoms. The zero-order valence-corrected chi connectivity index (χ0v) is 13.9. The van der Waals surface area contributed by atoms with Gasteiger partial charge in [0, 0.05) is 26.2 Å². The summed E-state index contributed by atoms with van der Waals surface area (Å²) in [6.45, 7) is 7.93. The number of guanidine groups is 1. The number of aliphatic imine (C=N–C) groups is 1. The predicted octanol–water partition coefficient (Wildman–Crippen LogP) is 1.31. The number of likely N-dealkylation sites (tertiary alicyclic amines) is 1. The molecule has 0 aromatic carbocycles. The molecule has 22 heavy (non-hydrogen) atoms. The van der Waals surface area contributed by atoms with Crippen LogP contribution in [0.1, 0.15) is 44.3 Å². The minimum Gasteiger partial charge on any atom is -0.356 e. The maximum Gasteiger partial charge on any atom is 0.246 e. The van der Waals surface area contributed by atoms with E-state index in [0.717, 1.165) is 31.5 Å². The molecule has 1 atom stereocenters. The molecular weight excluding hydrogens is 280 g/mol. The summed E-state index contributed by atoms with van der Waals surface area (Å²) in [5.74, 6) is 1.99. The topological polar surface area (TPSA) is 78.6 Å². The molecule has 1 fully saturated rings. The van der Waals surface area contributed by atoms with Gasteiger partial charge in [0.25, 0.3) is 0 Å². The van der Waals surface area contributed by atoms with Crippen molar-refractivity contribution in [1.82, 2.24) is 25.7 Å². The normalized spacial score (nSPS) is 20.1. The largest absolute Gasteiger partial charge is 0.356 e. The van der Waals surface area contributed by atoms with Crippen molar-refractivity contribution in [3.63, 3.8) is 0 Å². The predicted molar refractivity (Wildman–Crippen MR) is 86.7 cm³/mol. The first kappa shape index (κ1) is 16.7. The summed E-state index contributed by atoms with van der Waals surface area (Å²) in [7, 11) is 1.76. The molecule has 7 heteroatoms. The number of hydrogen-bond donors (Lipinski definition) is 2. The van der Waals surface area contributed by atoms with Gasteiger partial charge in [0.2, 0.25) is 5.89 Å². The van der Waals surface area contributed by atoms with Crippen LogP contribution in [0.2, 0.25) is 0 Å². The van der Waals surface area contributed by atoms with Gasteiger partial charge in [0.1, 0.15) is 0 Å². The Morgan fingerprint density at radius 3 is 2.95 bits per heavy atom. The second kappa shape index (κ2) is 8.73. The highest BCUT2D eigenvalue weighted by Gasteiger charge is 2.17. The molecule has 1 aromatic rings. The summed E-state index contributed by atoms with van der Waals surface area (Å²) in [4.78, 5) is 10.9. The maximum atomic E-state index is 5.06. The standard InChI is InChI=1S/C15H28N6O/c1-12-7-4-5-9-21(12)10-6-8-17-15(16-3)18-11-14-19-13(2)20-22-14/h12H,4-11H2,1-3H3,(H2,16,17,18). The van der Waals surface area contributed by atoms with E-state index in [2.05, 4.69) is 37.6 Å². The van der Waals surface area contributed by atoms with Crippen LogP contribution in [0.25, 0.3) is 0 Å². The van der Waals surface area contributed by atoms with Gasteiger partial charge in [0.05, 0.1) is 6.54 Å². The minimum atomic E-state index is 0.490. The molecule has 7 nitrogen and oxygen atoms in total. The van der Waals surface area contributed by atoms with Crippen molar-refractivity contribution in [3.05, 3.63) is 11.7 Å². The van der Waals surface area contributed by atoms with Crippen LogP contribution in [0.3, 0.4) is 0 Å². The fourth-order valence-electron chi connectivity index (χ4n) is 2.77. The van der Waals surface area contributed by atoms with Gasteiger partial charge in [-0.1, -0.05) is 11.6 Å². The first-order valence-corrected chi connectivity index (χ1v) is 8.17. The Morgan fingerprint density at radius 1 is 1.41 bits per heavy atom. The lowest BCUT2D eigenvalue weighted by atomic mass is 10.0. The van der Waals surface area contributed by atoms with Gasteiger partial charge in [-0.3, -0.25) is 4.99 Å². The van der Waals surface area contributed by atoms with E-state index in [-0.39, 0.29) is 0 Å². The highest BCUT2D eigenvalue weighted by Crippen LogP contribution is 2.15. The second-order valence-corrected chi connectivity index (χ2v) is 5.82. The molecule has 0 saturated carbocycles. The van der Waals surface area contributed by atoms with Gasteiger partial charge < -0.3 is 20.1 Å². The zero-order chi connectivity index (χ0) is 15.8. The Bertz CT molecular complexity index is 472. The molecule has 1 aromatic heterocycles. The van der Waals surface area contributed by atoms with Gasteiger partial charge in [-0.15, -0.1) is 0 Å². The van der Waals surface area contributed by atoms with E-state index < -0.39 is 0 Å². The summed E-state index contributed by atoms with van der Waals surface area (Å²) >= 11 is 0. The van der Waals surface area contributed by atoms with E-state index in [1.165, 1.54) is 25.8 Å². The van der Waals surface area contributed by atoms with Crippen molar-refractivity contribution in [2.75, 3.05) is 26.7 Å². The summed E-state index contributed by atoms with van der Waals surface area (Å²) in [5.41, 5.74) is 0. The van der Waals surface area contributed by atoms with E-state index in [9.17, 15) is 0 Å². The molecule has 0 amide bonds. The number of aryl methyl sites for hydroxylation is 1. The SMILES string of the molecule is CN=C(NCCCN1CCCCC1C)NCc1nc(C)no1. The third-order valence-corrected chi connectivity index (χ3v) is 4.06. The van der Waals surface area contributed by atoms with Gasteiger partial charge in [-0.25, -0.2) is 0 Å². The molecule has 0 bridgehead atoms. The Labute approximate surface area is 132 Å². The Balaban J connectivity index is 1.62. The Morgan fingerprint density at radius 2 is 2.27 bits per heavy atom. The quantitative estimate of drug-likeness (QED) is 0.469. The number of rotatable bonds is 6. The maximum absolute atomic E-state index is 5.06. The third-order valence-electron chi connectivity index (χ3n) is 4.06. The molecule has 2 N–H and O–H groups in total. The highest BCUT2D eigenvalue weighted by molar-refractivity contribution is 5.79. The third kappa shape index (κ3) is 5.29. The van der Waals surface area contributed by atoms with Crippen LogP contribution in [0, 0.1) is 6.92 Å². The van der Waals surface area contributed by atoms with Gasteiger partial charge >= 0.3 is 0 Å². The lowest BCUT2D eigenvalue weighted by Gasteiger charge is -2.33. The van der Waals surface area contributed by atoms with Crippen LogP contribution in [-0.2, 0) is 6.54 Å². The lowest BCUT2D eigenvalue weighted by molar-refractivity contribution is 0.159. The van der Waals surface area contributed by atoms with Crippen LogP contribution < -0.4 is 10.6 Å². The number of hydrogen-bond acceptors (Lipinski definition) is 5. The van der Waals surface area contributed by atoms with Crippen molar-refractivity contribution < 1.29 is 4.52 Å². The zero-order valence-electron chi connectivity index (χ0n) is 13.9. The molecule has 1 aliphatic rings. The molecule has 1 aliphatic heterocycles. The average Bonchev–Trinajstić information content (AvgIpc) is 2.94. The molecule has 2 rings (SSSR count). The first-order valence-electron chi connectivity index (χ1n) is 8.17. The highest BCUT2D eigenvalue weighted by atomic mass is 16.5. The molecular formula is C15H28N6O. The number of aromatic nitrogens is 2. The summed E-state index contributed by atoms with van der Waals surface area (Å²) in [6, 6.07) is 0.729. The number of piperidine rings is 1. The molecule has 1 saturated heterocycles. The Hall–Kier alpha value is -1.63. The molecule has 0 aliphatic carbocycles. The lowest BCUT2D eigenvalue weighted by Crippen LogP contribution is -2.41. The van der Waals surface area contributed by atoms with Gasteiger partial charge in [0.15, 0.2) is 11.8 Å². The van der Waals surface area contributed by atoms with Crippen molar-refractivity contribution in [2.24, 2.45) is 4.99 Å². The van der Waals surface area contributed by atoms with Crippen LogP contribution >= 0.6 is 0 Å². The molecule has 2 heterocycles. The molecule has 0 radical (unpaired) electrons. The van der Waals surface area contributed by atoms with Crippen molar-refractivity contribution in [3.8, 4) is 0 Å². The smallest absolute Gasteiger partial charge is 0.246 e. The van der Waals surface area contributed by atoms with Crippen molar-refractivity contribution in [1.29, 1.82) is 0 Å². The van der Waals surface area contributed by atoms with Crippen molar-refractivity contribution >= 4 is 5.96 Å². The molecule has 124 valence electrons. The first-order chi connectivity index (χ1) is 10.7. The molecule has 1 unspecified atom stereocenters. The van der Waals surface area contributed by atoms with E-state index in [4.69, 9.17) is 4.52 Å². The van der Waals surface area contributed by atoms with Crippen molar-refractivity contribution in [2.45, 2.75) is 52.1 Å². The van der Waals surface area contributed by atoms with Crippen LogP contribution in [0.15, 0.2) is 9.52 Å². The summed E-state index contributed by atoms with van der Waals surface area (Å²) < 4.78 is 5.06. The fraction of sp³-hybridized carbons (Fsp3) is 0.800. The summed E-state index contributed by atoms with van der Waals surface area (Å²) in [6.07, 6.45) is 5.16. The second-order valence-electron chi connectivity index (χ2n) is 5.82. The van der Waals surface area contributed by atoms with Crippen LogP contribution in [0.4, 0.5) is 0 Å². The van der Waals surface area contributed by atoms with E-state index >= 15 is 0 Å². The fourth-order valence-corrected chi connectivity index (χ4v) is 2.77. The van der Waals surface area contributed by atoms with Gasteiger partial charge in [-0.05, 0) is 39.7 Å². The Kier molecular flexibility index (Phi) is 6.64. The minimum absolute atomic E-state index is 0.490. The summed E-state index contributed by atoms with van der Waals surface area (Å²) in [5, 5.41) is 10.3. The van der Waals surface area contributed by atoms with Crippen LogP contribution in [-0.4, -0.2) is 53.7 Å². The van der Waals surface area contributed by atoms with Gasteiger partial charge in [-0.2, -0.15) is 4.98 Å². The number of nitrogens with one attached hydrogen (secondary N) is 2. The average molecular weight is 308 g/mol. The van der Waals surface area contributed by atoms with Crippen LogP contribution in [0.5, 0.6) is 0 Å². The van der Waals surface area contributed by atoms with E-state index in [0.29, 0.717) is 18.3 Å². The monoisotopic (exact) mass is 308 g/mol. The van der Waals surface area contributed by atoms with E-state index in [1.807, 2.05) is 6.92 Å². The number of nitrogens with zero attached hydrogens (tertiary/aromatic N) is 4.